The smallest absolute Gasteiger partial charge is 0.0951 e. The van der Waals surface area contributed by atoms with Crippen molar-refractivity contribution in [2.75, 3.05) is 26.2 Å². The fourth-order valence-corrected chi connectivity index (χ4v) is 3.92. The third-order valence-electron chi connectivity index (χ3n) is 5.48. The van der Waals surface area contributed by atoms with E-state index in [9.17, 15) is 0 Å². The van der Waals surface area contributed by atoms with Gasteiger partial charge in [-0.25, -0.2) is 4.98 Å². The van der Waals surface area contributed by atoms with Crippen LogP contribution >= 0.6 is 0 Å². The highest BCUT2D eigenvalue weighted by Gasteiger charge is 2.32. The number of imidazole rings is 1. The zero-order valence-electron chi connectivity index (χ0n) is 15.4. The molecule has 0 bridgehead atoms. The van der Waals surface area contributed by atoms with Crippen molar-refractivity contribution in [1.29, 1.82) is 0 Å². The van der Waals surface area contributed by atoms with Gasteiger partial charge in [0.05, 0.1) is 12.0 Å². The largest absolute Gasteiger partial charge is 0.331 e. The Morgan fingerprint density at radius 3 is 2.61 bits per heavy atom. The Bertz CT molecular complexity index is 489. The van der Waals surface area contributed by atoms with Gasteiger partial charge in [-0.3, -0.25) is 9.80 Å². The van der Waals surface area contributed by atoms with Gasteiger partial charge in [-0.1, -0.05) is 13.8 Å². The molecule has 0 spiro atoms. The van der Waals surface area contributed by atoms with E-state index in [-0.39, 0.29) is 0 Å². The number of hydrogen-bond donors (Lipinski definition) is 0. The molecule has 2 aliphatic rings. The maximum atomic E-state index is 4.37. The standard InChI is InChI=1S/C19H34N4/c1-15(2)19-13-21(8-5-9-22(19)11-17-6-7-17)12-18-10-20-14-23(18)16(3)4/h10,14-17,19H,5-9,11-13H2,1-4H3/t19-/m1/s1. The van der Waals surface area contributed by atoms with E-state index in [0.717, 1.165) is 18.4 Å². The minimum absolute atomic E-state index is 0.492. The van der Waals surface area contributed by atoms with Crippen molar-refractivity contribution in [1.82, 2.24) is 19.4 Å². The zero-order valence-corrected chi connectivity index (χ0v) is 15.4. The van der Waals surface area contributed by atoms with Gasteiger partial charge >= 0.3 is 0 Å². The van der Waals surface area contributed by atoms with E-state index in [4.69, 9.17) is 0 Å². The minimum Gasteiger partial charge on any atom is -0.331 e. The van der Waals surface area contributed by atoms with Crippen LogP contribution in [0.5, 0.6) is 0 Å². The Morgan fingerprint density at radius 2 is 1.96 bits per heavy atom. The van der Waals surface area contributed by atoms with E-state index >= 15 is 0 Å². The summed E-state index contributed by atoms with van der Waals surface area (Å²) in [6.07, 6.45) is 8.25. The molecule has 4 heteroatoms. The van der Waals surface area contributed by atoms with E-state index in [1.165, 1.54) is 51.1 Å². The van der Waals surface area contributed by atoms with Crippen molar-refractivity contribution in [3.05, 3.63) is 18.2 Å². The molecule has 0 amide bonds. The molecule has 0 aromatic carbocycles. The van der Waals surface area contributed by atoms with Crippen LogP contribution in [0, 0.1) is 11.8 Å². The van der Waals surface area contributed by atoms with Crippen LogP contribution in [0.1, 0.15) is 58.7 Å². The molecule has 1 saturated heterocycles. The molecule has 1 aromatic heterocycles. The van der Waals surface area contributed by atoms with Gasteiger partial charge in [-0.15, -0.1) is 0 Å². The van der Waals surface area contributed by atoms with Gasteiger partial charge in [0.2, 0.25) is 0 Å². The highest BCUT2D eigenvalue weighted by Crippen LogP contribution is 2.32. The van der Waals surface area contributed by atoms with Crippen LogP contribution < -0.4 is 0 Å². The highest BCUT2D eigenvalue weighted by molar-refractivity contribution is 5.00. The fourth-order valence-electron chi connectivity index (χ4n) is 3.92. The summed E-state index contributed by atoms with van der Waals surface area (Å²) in [5.74, 6) is 1.72. The Morgan fingerprint density at radius 1 is 1.17 bits per heavy atom. The van der Waals surface area contributed by atoms with Crippen LogP contribution in [0.2, 0.25) is 0 Å². The normalized spacial score (nSPS) is 24.5. The molecule has 130 valence electrons. The SMILES string of the molecule is CC(C)[C@H]1CN(Cc2cncn2C(C)C)CCCN1CC1CC1. The monoisotopic (exact) mass is 318 g/mol. The lowest BCUT2D eigenvalue weighted by atomic mass is 10.0. The molecule has 23 heavy (non-hydrogen) atoms. The number of nitrogens with zero attached hydrogens (tertiary/aromatic N) is 4. The summed E-state index contributed by atoms with van der Waals surface area (Å²) in [5, 5.41) is 0. The van der Waals surface area contributed by atoms with Crippen LogP contribution in [0.4, 0.5) is 0 Å². The third-order valence-corrected chi connectivity index (χ3v) is 5.48. The van der Waals surface area contributed by atoms with Gasteiger partial charge in [-0.2, -0.15) is 0 Å². The van der Waals surface area contributed by atoms with Crippen LogP contribution in [-0.4, -0.2) is 51.6 Å². The minimum atomic E-state index is 0.492. The first-order valence-electron chi connectivity index (χ1n) is 9.51. The van der Waals surface area contributed by atoms with Gasteiger partial charge in [0, 0.05) is 37.9 Å². The lowest BCUT2D eigenvalue weighted by molar-refractivity contribution is 0.131. The first kappa shape index (κ1) is 17.0. The predicted octanol–water partition coefficient (Wildman–Crippen LogP) is 3.41. The van der Waals surface area contributed by atoms with Crippen LogP contribution in [0.25, 0.3) is 0 Å². The number of rotatable bonds is 6. The number of hydrogen-bond acceptors (Lipinski definition) is 3. The maximum Gasteiger partial charge on any atom is 0.0951 e. The molecule has 1 aliphatic heterocycles. The quantitative estimate of drug-likeness (QED) is 0.803. The fraction of sp³-hybridized carbons (Fsp3) is 0.842. The van der Waals surface area contributed by atoms with Crippen LogP contribution in [0.15, 0.2) is 12.5 Å². The number of aromatic nitrogens is 2. The molecule has 4 nitrogen and oxygen atoms in total. The summed E-state index contributed by atoms with van der Waals surface area (Å²) in [6, 6.07) is 1.19. The summed E-state index contributed by atoms with van der Waals surface area (Å²) < 4.78 is 2.32. The summed E-state index contributed by atoms with van der Waals surface area (Å²) in [5.41, 5.74) is 1.36. The molecule has 2 fully saturated rings. The van der Waals surface area contributed by atoms with Crippen molar-refractivity contribution in [3.63, 3.8) is 0 Å². The van der Waals surface area contributed by atoms with Crippen LogP contribution in [0.3, 0.4) is 0 Å². The van der Waals surface area contributed by atoms with Gasteiger partial charge in [0.25, 0.3) is 0 Å². The summed E-state index contributed by atoms with van der Waals surface area (Å²) in [7, 11) is 0. The van der Waals surface area contributed by atoms with Crippen molar-refractivity contribution < 1.29 is 0 Å². The molecule has 2 heterocycles. The van der Waals surface area contributed by atoms with Gasteiger partial charge < -0.3 is 4.57 Å². The lowest BCUT2D eigenvalue weighted by Crippen LogP contribution is -2.45. The van der Waals surface area contributed by atoms with Crippen molar-refractivity contribution >= 4 is 0 Å². The van der Waals surface area contributed by atoms with Crippen molar-refractivity contribution in [2.45, 2.75) is 65.6 Å². The molecule has 3 rings (SSSR count). The van der Waals surface area contributed by atoms with E-state index < -0.39 is 0 Å². The first-order chi connectivity index (χ1) is 11.0. The average molecular weight is 319 g/mol. The van der Waals surface area contributed by atoms with Gasteiger partial charge in [-0.05, 0) is 58.0 Å². The second-order valence-electron chi connectivity index (χ2n) is 8.22. The molecule has 0 unspecified atom stereocenters. The molecular weight excluding hydrogens is 284 g/mol. The zero-order chi connectivity index (χ0) is 16.4. The average Bonchev–Trinajstić information content (AvgIpc) is 3.22. The van der Waals surface area contributed by atoms with Crippen molar-refractivity contribution in [3.8, 4) is 0 Å². The Labute approximate surface area is 141 Å². The molecule has 1 aromatic rings. The first-order valence-corrected chi connectivity index (χ1v) is 9.51. The third kappa shape index (κ3) is 4.36. The molecule has 0 N–H and O–H groups in total. The Hall–Kier alpha value is -0.870. The summed E-state index contributed by atoms with van der Waals surface area (Å²) >= 11 is 0. The van der Waals surface area contributed by atoms with Gasteiger partial charge in [0.15, 0.2) is 0 Å². The second-order valence-corrected chi connectivity index (χ2v) is 8.22. The van der Waals surface area contributed by atoms with E-state index in [1.54, 1.807) is 0 Å². The molecule has 1 saturated carbocycles. The van der Waals surface area contributed by atoms with Crippen molar-refractivity contribution in [2.24, 2.45) is 11.8 Å². The second kappa shape index (κ2) is 7.35. The topological polar surface area (TPSA) is 24.3 Å². The van der Waals surface area contributed by atoms with E-state index in [2.05, 4.69) is 53.2 Å². The van der Waals surface area contributed by atoms with E-state index in [1.807, 2.05) is 6.33 Å². The summed E-state index contributed by atoms with van der Waals surface area (Å²) in [4.78, 5) is 9.83. The maximum absolute atomic E-state index is 4.37. The molecular formula is C19H34N4. The Balaban J connectivity index is 1.66. The van der Waals surface area contributed by atoms with E-state index in [0.29, 0.717) is 12.1 Å². The highest BCUT2D eigenvalue weighted by atomic mass is 15.3. The van der Waals surface area contributed by atoms with Crippen LogP contribution in [-0.2, 0) is 6.54 Å². The van der Waals surface area contributed by atoms with Gasteiger partial charge in [0.1, 0.15) is 0 Å². The Kier molecular flexibility index (Phi) is 5.42. The summed E-state index contributed by atoms with van der Waals surface area (Å²) in [6.45, 7) is 15.3. The predicted molar refractivity (Wildman–Crippen MR) is 95.4 cm³/mol. The molecule has 1 atom stereocenters. The molecule has 0 radical (unpaired) electrons. The molecule has 1 aliphatic carbocycles. The lowest BCUT2D eigenvalue weighted by Gasteiger charge is -2.34.